The van der Waals surface area contributed by atoms with E-state index in [0.29, 0.717) is 10.8 Å². The molecule has 0 amide bonds. The zero-order valence-electron chi connectivity index (χ0n) is 5.47. The minimum Gasteiger partial charge on any atom is -0.396 e. The molecule has 4 heteroatoms. The van der Waals surface area contributed by atoms with Crippen molar-refractivity contribution in [1.82, 2.24) is 4.98 Å². The van der Waals surface area contributed by atoms with Crippen molar-refractivity contribution < 1.29 is 0 Å². The summed E-state index contributed by atoms with van der Waals surface area (Å²) in [5, 5.41) is 0.376. The quantitative estimate of drug-likeness (QED) is 0.619. The number of aryl methyl sites for hydroxylation is 1. The molecule has 1 rings (SSSR count). The van der Waals surface area contributed by atoms with Crippen molar-refractivity contribution in [2.45, 2.75) is 6.92 Å². The van der Waals surface area contributed by atoms with Crippen molar-refractivity contribution in [1.29, 1.82) is 0 Å². The van der Waals surface area contributed by atoms with Crippen molar-refractivity contribution in [3.63, 3.8) is 0 Å². The van der Waals surface area contributed by atoms with Crippen LogP contribution in [0.3, 0.4) is 0 Å². The van der Waals surface area contributed by atoms with Crippen molar-refractivity contribution in [2.75, 3.05) is 5.73 Å². The van der Waals surface area contributed by atoms with Crippen LogP contribution in [0.1, 0.15) is 5.56 Å². The van der Waals surface area contributed by atoms with Crippen molar-refractivity contribution in [3.8, 4) is 0 Å². The van der Waals surface area contributed by atoms with Gasteiger partial charge in [0.25, 0.3) is 0 Å². The number of rotatable bonds is 0. The summed E-state index contributed by atoms with van der Waals surface area (Å²) in [5.41, 5.74) is 6.99. The van der Waals surface area contributed by atoms with Gasteiger partial charge in [-0.1, -0.05) is 11.6 Å². The topological polar surface area (TPSA) is 38.9 Å². The maximum Gasteiger partial charge on any atom is 0.151 e. The van der Waals surface area contributed by atoms with Gasteiger partial charge in [-0.25, -0.2) is 4.98 Å². The van der Waals surface area contributed by atoms with Crippen molar-refractivity contribution in [3.05, 3.63) is 23.0 Å². The Morgan fingerprint density at radius 1 is 1.60 bits per heavy atom. The second-order valence-electron chi connectivity index (χ2n) is 1.89. The van der Waals surface area contributed by atoms with E-state index >= 15 is 0 Å². The highest BCUT2D eigenvalue weighted by atomic mass is 35.5. The summed E-state index contributed by atoms with van der Waals surface area (Å²) in [4.78, 5) is 3.82. The van der Waals surface area contributed by atoms with Crippen molar-refractivity contribution >= 4 is 29.7 Å². The molecule has 0 saturated carbocycles. The third-order valence-corrected chi connectivity index (χ3v) is 1.32. The van der Waals surface area contributed by atoms with Crippen LogP contribution >= 0.6 is 24.0 Å². The minimum absolute atomic E-state index is 0. The first-order valence-electron chi connectivity index (χ1n) is 2.58. The molecule has 1 heterocycles. The molecule has 0 spiro atoms. The molecular weight excluding hydrogens is 171 g/mol. The van der Waals surface area contributed by atoms with Crippen LogP contribution in [0.4, 0.5) is 5.69 Å². The molecule has 1 aromatic heterocycles. The van der Waals surface area contributed by atoms with E-state index in [4.69, 9.17) is 17.3 Å². The maximum absolute atomic E-state index is 5.54. The van der Waals surface area contributed by atoms with E-state index in [1.54, 1.807) is 12.3 Å². The second kappa shape index (κ2) is 3.64. The number of aromatic nitrogens is 1. The van der Waals surface area contributed by atoms with Gasteiger partial charge in [-0.2, -0.15) is 0 Å². The molecule has 0 unspecified atom stereocenters. The van der Waals surface area contributed by atoms with Gasteiger partial charge in [0.05, 0.1) is 5.69 Å². The Balaban J connectivity index is 0.000000810. The highest BCUT2D eigenvalue weighted by Crippen LogP contribution is 2.14. The van der Waals surface area contributed by atoms with E-state index in [-0.39, 0.29) is 12.4 Å². The van der Waals surface area contributed by atoms with Gasteiger partial charge in [-0.05, 0) is 18.6 Å². The summed E-state index contributed by atoms with van der Waals surface area (Å²) >= 11 is 5.54. The Morgan fingerprint density at radius 3 is 2.60 bits per heavy atom. The lowest BCUT2D eigenvalue weighted by atomic mass is 10.3. The van der Waals surface area contributed by atoms with Gasteiger partial charge in [0.2, 0.25) is 0 Å². The highest BCUT2D eigenvalue weighted by molar-refractivity contribution is 6.31. The molecule has 56 valence electrons. The second-order valence-corrected chi connectivity index (χ2v) is 2.25. The van der Waals surface area contributed by atoms with Crippen LogP contribution in [0, 0.1) is 6.92 Å². The number of halogens is 2. The molecule has 0 atom stereocenters. The smallest absolute Gasteiger partial charge is 0.151 e. The first kappa shape index (κ1) is 9.53. The molecule has 0 aliphatic heterocycles. The van der Waals surface area contributed by atoms with Crippen molar-refractivity contribution in [2.24, 2.45) is 0 Å². The van der Waals surface area contributed by atoms with E-state index in [0.717, 1.165) is 5.56 Å². The van der Waals surface area contributed by atoms with Gasteiger partial charge in [0, 0.05) is 6.20 Å². The van der Waals surface area contributed by atoms with Gasteiger partial charge in [-0.15, -0.1) is 12.4 Å². The summed E-state index contributed by atoms with van der Waals surface area (Å²) in [5.74, 6) is 0. The van der Waals surface area contributed by atoms with Crippen LogP contribution < -0.4 is 5.73 Å². The molecule has 0 aliphatic rings. The van der Waals surface area contributed by atoms with E-state index in [9.17, 15) is 0 Å². The molecule has 0 aliphatic carbocycles. The summed E-state index contributed by atoms with van der Waals surface area (Å²) in [6, 6.07) is 1.79. The molecule has 2 N–H and O–H groups in total. The molecule has 10 heavy (non-hydrogen) atoms. The Kier molecular flexibility index (Phi) is 3.47. The van der Waals surface area contributed by atoms with Crippen LogP contribution in [-0.2, 0) is 0 Å². The monoisotopic (exact) mass is 178 g/mol. The number of nitrogen functional groups attached to an aromatic ring is 1. The molecule has 0 fully saturated rings. The van der Waals surface area contributed by atoms with Crippen LogP contribution in [0.15, 0.2) is 12.3 Å². The zero-order valence-corrected chi connectivity index (χ0v) is 7.04. The van der Waals surface area contributed by atoms with Crippen LogP contribution in [0.2, 0.25) is 5.15 Å². The van der Waals surface area contributed by atoms with Gasteiger partial charge in [0.1, 0.15) is 0 Å². The molecule has 0 saturated heterocycles. The number of anilines is 1. The average molecular weight is 179 g/mol. The number of hydrogen-bond acceptors (Lipinski definition) is 2. The largest absolute Gasteiger partial charge is 0.396 e. The van der Waals surface area contributed by atoms with E-state index in [1.807, 2.05) is 6.92 Å². The Bertz CT molecular complexity index is 225. The Hall–Kier alpha value is -0.470. The van der Waals surface area contributed by atoms with Gasteiger partial charge in [-0.3, -0.25) is 0 Å². The Morgan fingerprint density at radius 2 is 2.20 bits per heavy atom. The average Bonchev–Trinajstić information content (AvgIpc) is 1.80. The summed E-state index contributed by atoms with van der Waals surface area (Å²) in [6.45, 7) is 1.92. The van der Waals surface area contributed by atoms with Crippen LogP contribution in [0.25, 0.3) is 0 Å². The minimum atomic E-state index is 0. The van der Waals surface area contributed by atoms with E-state index < -0.39 is 0 Å². The third kappa shape index (κ3) is 2.05. The third-order valence-electron chi connectivity index (χ3n) is 1.00. The fraction of sp³-hybridized carbons (Fsp3) is 0.167. The molecule has 1 aromatic rings. The first-order valence-corrected chi connectivity index (χ1v) is 2.95. The first-order chi connectivity index (χ1) is 4.20. The highest BCUT2D eigenvalue weighted by Gasteiger charge is 1.93. The summed E-state index contributed by atoms with van der Waals surface area (Å²) in [7, 11) is 0. The van der Waals surface area contributed by atoms with Gasteiger partial charge >= 0.3 is 0 Å². The van der Waals surface area contributed by atoms with Gasteiger partial charge < -0.3 is 5.73 Å². The molecule has 2 nitrogen and oxygen atoms in total. The Labute approximate surface area is 70.8 Å². The predicted molar refractivity (Wildman–Crippen MR) is 45.6 cm³/mol. The summed E-state index contributed by atoms with van der Waals surface area (Å²) < 4.78 is 0. The number of nitrogens with two attached hydrogens (primary N) is 1. The standard InChI is InChI=1S/C6H7ClN2.ClH/c1-4-2-5(8)6(7)9-3-4;/h2-3H,8H2,1H3;1H. The lowest BCUT2D eigenvalue weighted by Gasteiger charge is -1.95. The van der Waals surface area contributed by atoms with Gasteiger partial charge in [0.15, 0.2) is 5.15 Å². The predicted octanol–water partition coefficient (Wildman–Crippen LogP) is 2.05. The lowest BCUT2D eigenvalue weighted by molar-refractivity contribution is 1.27. The molecular formula is C6H8Cl2N2. The van der Waals surface area contributed by atoms with E-state index in [2.05, 4.69) is 4.98 Å². The van der Waals surface area contributed by atoms with Crippen LogP contribution in [0.5, 0.6) is 0 Å². The number of nitrogens with zero attached hydrogens (tertiary/aromatic N) is 1. The zero-order chi connectivity index (χ0) is 6.85. The molecule has 0 aromatic carbocycles. The fourth-order valence-corrected chi connectivity index (χ4v) is 0.678. The van der Waals surface area contributed by atoms with E-state index in [1.165, 1.54) is 0 Å². The number of hydrogen-bond donors (Lipinski definition) is 1. The SMILES string of the molecule is Cc1cnc(Cl)c(N)c1.Cl. The maximum atomic E-state index is 5.54. The van der Waals surface area contributed by atoms with Crippen LogP contribution in [-0.4, -0.2) is 4.98 Å². The normalized spacial score (nSPS) is 8.60. The fourth-order valence-electron chi connectivity index (χ4n) is 0.575. The molecule has 0 bridgehead atoms. The molecule has 0 radical (unpaired) electrons. The number of pyridine rings is 1. The summed E-state index contributed by atoms with van der Waals surface area (Å²) in [6.07, 6.45) is 1.68. The lowest BCUT2D eigenvalue weighted by Crippen LogP contribution is -1.88.